The van der Waals surface area contributed by atoms with Crippen LogP contribution < -0.4 is 5.56 Å². The Hall–Kier alpha value is -2.47. The fourth-order valence-electron chi connectivity index (χ4n) is 4.76. The van der Waals surface area contributed by atoms with Crippen LogP contribution in [0.1, 0.15) is 54.6 Å². The van der Waals surface area contributed by atoms with E-state index in [0.717, 1.165) is 37.5 Å². The van der Waals surface area contributed by atoms with Crippen LogP contribution in [0.4, 0.5) is 0 Å². The number of hydrogen-bond donors (Lipinski definition) is 1. The van der Waals surface area contributed by atoms with Gasteiger partial charge in [0.05, 0.1) is 0 Å². The van der Waals surface area contributed by atoms with Crippen LogP contribution in [0.25, 0.3) is 0 Å². The summed E-state index contributed by atoms with van der Waals surface area (Å²) >= 11 is 0. The number of H-pyrrole nitrogens is 1. The molecule has 1 saturated carbocycles. The van der Waals surface area contributed by atoms with Crippen LogP contribution in [-0.2, 0) is 6.54 Å². The summed E-state index contributed by atoms with van der Waals surface area (Å²) in [5.74, 6) is 0.369. The lowest BCUT2D eigenvalue weighted by Crippen LogP contribution is -2.44. The predicted molar refractivity (Wildman–Crippen MR) is 113 cm³/mol. The van der Waals surface area contributed by atoms with Crippen LogP contribution in [0.5, 0.6) is 0 Å². The SMILES string of the molecule is O=C(c1cccc(=O)[nH]1)N(Cc1cccnc1)CC1CCN(C2CCCC2)CC1. The maximum atomic E-state index is 13.2. The number of aromatic nitrogens is 2. The van der Waals surface area contributed by atoms with Gasteiger partial charge in [-0.2, -0.15) is 0 Å². The molecule has 0 unspecified atom stereocenters. The highest BCUT2D eigenvalue weighted by molar-refractivity contribution is 5.92. The topological polar surface area (TPSA) is 69.3 Å². The quantitative estimate of drug-likeness (QED) is 0.818. The molecule has 1 N–H and O–H groups in total. The van der Waals surface area contributed by atoms with Crippen LogP contribution >= 0.6 is 0 Å². The molecule has 0 spiro atoms. The Morgan fingerprint density at radius 1 is 1.10 bits per heavy atom. The van der Waals surface area contributed by atoms with Crippen molar-refractivity contribution in [3.8, 4) is 0 Å². The van der Waals surface area contributed by atoms with Crippen molar-refractivity contribution in [2.75, 3.05) is 19.6 Å². The molecule has 0 atom stereocenters. The molecule has 154 valence electrons. The Morgan fingerprint density at radius 3 is 2.59 bits per heavy atom. The van der Waals surface area contributed by atoms with Crippen LogP contribution in [0.15, 0.2) is 47.5 Å². The lowest BCUT2D eigenvalue weighted by molar-refractivity contribution is 0.0644. The van der Waals surface area contributed by atoms with Gasteiger partial charge in [-0.1, -0.05) is 25.0 Å². The van der Waals surface area contributed by atoms with E-state index >= 15 is 0 Å². The summed E-state index contributed by atoms with van der Waals surface area (Å²) in [7, 11) is 0. The van der Waals surface area contributed by atoms with Gasteiger partial charge in [-0.05, 0) is 62.4 Å². The van der Waals surface area contributed by atoms with E-state index in [4.69, 9.17) is 0 Å². The van der Waals surface area contributed by atoms with Crippen molar-refractivity contribution >= 4 is 5.91 Å². The highest BCUT2D eigenvalue weighted by atomic mass is 16.2. The number of carbonyl (C=O) groups is 1. The molecule has 6 heteroatoms. The minimum Gasteiger partial charge on any atom is -0.333 e. The molecule has 0 bridgehead atoms. The van der Waals surface area contributed by atoms with E-state index in [1.54, 1.807) is 24.5 Å². The standard InChI is InChI=1S/C23H30N4O2/c28-22-9-3-8-21(25-22)23(29)27(17-19-5-4-12-24-15-19)16-18-10-13-26(14-11-18)20-6-1-2-7-20/h3-5,8-9,12,15,18,20H,1-2,6-7,10-11,13-14,16-17H2,(H,25,28). The Balaban J connectivity index is 1.44. The second-order valence-electron chi connectivity index (χ2n) is 8.39. The van der Waals surface area contributed by atoms with Crippen molar-refractivity contribution in [2.24, 2.45) is 5.92 Å². The van der Waals surface area contributed by atoms with Crippen LogP contribution in [0, 0.1) is 5.92 Å². The third kappa shape index (κ3) is 5.12. The van der Waals surface area contributed by atoms with E-state index in [-0.39, 0.29) is 11.5 Å². The van der Waals surface area contributed by atoms with Gasteiger partial charge in [0.1, 0.15) is 5.69 Å². The fourth-order valence-corrected chi connectivity index (χ4v) is 4.76. The van der Waals surface area contributed by atoms with E-state index in [2.05, 4.69) is 14.9 Å². The lowest BCUT2D eigenvalue weighted by Gasteiger charge is -2.37. The molecule has 1 amide bonds. The van der Waals surface area contributed by atoms with E-state index in [1.807, 2.05) is 17.0 Å². The Morgan fingerprint density at radius 2 is 1.90 bits per heavy atom. The van der Waals surface area contributed by atoms with Gasteiger partial charge < -0.3 is 14.8 Å². The van der Waals surface area contributed by atoms with Crippen LogP contribution in [0.3, 0.4) is 0 Å². The first kappa shape index (κ1) is 19.8. The van der Waals surface area contributed by atoms with Crippen molar-refractivity contribution in [1.82, 2.24) is 19.8 Å². The molecular formula is C23H30N4O2. The first-order chi connectivity index (χ1) is 14.2. The number of likely N-dealkylation sites (tertiary alicyclic amines) is 1. The fraction of sp³-hybridized carbons (Fsp3) is 0.522. The second kappa shape index (κ2) is 9.35. The summed E-state index contributed by atoms with van der Waals surface area (Å²) in [6, 6.07) is 9.41. The molecular weight excluding hydrogens is 364 g/mol. The van der Waals surface area contributed by atoms with E-state index in [9.17, 15) is 9.59 Å². The lowest BCUT2D eigenvalue weighted by atomic mass is 9.94. The number of piperidine rings is 1. The molecule has 1 saturated heterocycles. The third-order valence-electron chi connectivity index (χ3n) is 6.35. The summed E-state index contributed by atoms with van der Waals surface area (Å²) in [5.41, 5.74) is 1.11. The number of carbonyl (C=O) groups excluding carboxylic acids is 1. The molecule has 4 rings (SSSR count). The van der Waals surface area contributed by atoms with Crippen molar-refractivity contribution in [3.63, 3.8) is 0 Å². The summed E-state index contributed by atoms with van der Waals surface area (Å²) in [4.78, 5) is 36.3. The zero-order valence-electron chi connectivity index (χ0n) is 16.9. The molecule has 2 aromatic heterocycles. The molecule has 0 radical (unpaired) electrons. The molecule has 2 aromatic rings. The number of nitrogens with one attached hydrogen (secondary N) is 1. The number of pyridine rings is 2. The van der Waals surface area contributed by atoms with Crippen molar-refractivity contribution in [3.05, 3.63) is 64.3 Å². The summed E-state index contributed by atoms with van der Waals surface area (Å²) in [6.45, 7) is 3.48. The van der Waals surface area contributed by atoms with Gasteiger partial charge in [0.2, 0.25) is 5.56 Å². The largest absolute Gasteiger partial charge is 0.333 e. The molecule has 0 aromatic carbocycles. The minimum atomic E-state index is -0.248. The Kier molecular flexibility index (Phi) is 6.39. The Bertz CT molecular complexity index is 852. The number of rotatable bonds is 6. The average Bonchev–Trinajstić information content (AvgIpc) is 3.29. The van der Waals surface area contributed by atoms with E-state index < -0.39 is 0 Å². The first-order valence-corrected chi connectivity index (χ1v) is 10.8. The van der Waals surface area contributed by atoms with Gasteiger partial charge in [0.15, 0.2) is 0 Å². The van der Waals surface area contributed by atoms with Gasteiger partial charge >= 0.3 is 0 Å². The maximum Gasteiger partial charge on any atom is 0.270 e. The zero-order chi connectivity index (χ0) is 20.1. The monoisotopic (exact) mass is 394 g/mol. The summed E-state index contributed by atoms with van der Waals surface area (Å²) < 4.78 is 0. The molecule has 1 aliphatic heterocycles. The number of amides is 1. The van der Waals surface area contributed by atoms with Gasteiger partial charge in [0, 0.05) is 37.6 Å². The van der Waals surface area contributed by atoms with E-state index in [0.29, 0.717) is 24.7 Å². The molecule has 3 heterocycles. The predicted octanol–water partition coefficient (Wildman–Crippen LogP) is 3.07. The smallest absolute Gasteiger partial charge is 0.270 e. The zero-order valence-corrected chi connectivity index (χ0v) is 16.9. The highest BCUT2D eigenvalue weighted by Crippen LogP contribution is 2.28. The first-order valence-electron chi connectivity index (χ1n) is 10.8. The van der Waals surface area contributed by atoms with Gasteiger partial charge in [0.25, 0.3) is 5.91 Å². The average molecular weight is 395 g/mol. The van der Waals surface area contributed by atoms with Gasteiger partial charge in [-0.3, -0.25) is 14.6 Å². The van der Waals surface area contributed by atoms with Gasteiger partial charge in [-0.25, -0.2) is 0 Å². The molecule has 29 heavy (non-hydrogen) atoms. The van der Waals surface area contributed by atoms with Crippen molar-refractivity contribution < 1.29 is 4.79 Å². The van der Waals surface area contributed by atoms with Crippen molar-refractivity contribution in [2.45, 2.75) is 51.1 Å². The number of hydrogen-bond acceptors (Lipinski definition) is 4. The summed E-state index contributed by atoms with van der Waals surface area (Å²) in [6.07, 6.45) is 11.2. The van der Waals surface area contributed by atoms with Crippen LogP contribution in [0.2, 0.25) is 0 Å². The normalized spacial score (nSPS) is 18.8. The number of nitrogens with zero attached hydrogens (tertiary/aromatic N) is 3. The summed E-state index contributed by atoms with van der Waals surface area (Å²) in [5, 5.41) is 0. The molecule has 2 aliphatic rings. The molecule has 2 fully saturated rings. The van der Waals surface area contributed by atoms with Crippen molar-refractivity contribution in [1.29, 1.82) is 0 Å². The maximum absolute atomic E-state index is 13.2. The number of aromatic amines is 1. The Labute approximate surface area is 172 Å². The van der Waals surface area contributed by atoms with Gasteiger partial charge in [-0.15, -0.1) is 0 Å². The molecule has 6 nitrogen and oxygen atoms in total. The second-order valence-corrected chi connectivity index (χ2v) is 8.39. The third-order valence-corrected chi connectivity index (χ3v) is 6.35. The minimum absolute atomic E-state index is 0.121. The van der Waals surface area contributed by atoms with E-state index in [1.165, 1.54) is 31.7 Å². The molecule has 1 aliphatic carbocycles. The highest BCUT2D eigenvalue weighted by Gasteiger charge is 2.29. The van der Waals surface area contributed by atoms with Crippen LogP contribution in [-0.4, -0.2) is 51.4 Å².